The smallest absolute Gasteiger partial charge is 0.262 e. The van der Waals surface area contributed by atoms with E-state index in [1.807, 2.05) is 22.4 Å². The van der Waals surface area contributed by atoms with E-state index in [4.69, 9.17) is 10.5 Å². The largest absolute Gasteiger partial charge is 0.482 e. The molecule has 4 aromatic rings. The molecule has 13 nitrogen and oxygen atoms in total. The fraction of sp³-hybridized carbons (Fsp3) is 0.333. The molecule has 6 rings (SSSR count). The van der Waals surface area contributed by atoms with Gasteiger partial charge in [0.15, 0.2) is 6.61 Å². The Morgan fingerprint density at radius 2 is 1.57 bits per heavy atom. The highest BCUT2D eigenvalue weighted by atomic mass is 32.1. The summed E-state index contributed by atoms with van der Waals surface area (Å²) in [6, 6.07) is 18.5. The lowest BCUT2D eigenvalue weighted by Gasteiger charge is -2.24. The number of hydrogen-bond acceptors (Lipinski definition) is 9. The van der Waals surface area contributed by atoms with Crippen LogP contribution in [0, 0.1) is 0 Å². The number of carbonyl (C=O) groups excluding carboxylic acids is 5. The Bertz CT molecular complexity index is 1910. The number of thiazole rings is 1. The molecule has 1 aromatic heterocycles. The molecule has 6 N–H and O–H groups in total. The summed E-state index contributed by atoms with van der Waals surface area (Å²) in [7, 11) is 0. The first-order valence-electron chi connectivity index (χ1n) is 17.8. The number of carbonyl (C=O) groups is 5. The third-order valence-corrected chi connectivity index (χ3v) is 9.66. The molecular weight excluding hydrogens is 695 g/mol. The van der Waals surface area contributed by atoms with E-state index in [0.29, 0.717) is 59.9 Å². The monoisotopic (exact) mass is 737 g/mol. The number of nitrogens with one attached hydrogen (secondary N) is 4. The predicted octanol–water partition coefficient (Wildman–Crippen LogP) is 4.51. The predicted molar refractivity (Wildman–Crippen MR) is 202 cm³/mol. The van der Waals surface area contributed by atoms with Crippen molar-refractivity contribution in [2.45, 2.75) is 63.6 Å². The first-order valence-corrected chi connectivity index (χ1v) is 18.7. The van der Waals surface area contributed by atoms with E-state index in [1.165, 1.54) is 11.3 Å². The zero-order valence-electron chi connectivity index (χ0n) is 29.3. The summed E-state index contributed by atoms with van der Waals surface area (Å²) in [6.07, 6.45) is 5.77. The second kappa shape index (κ2) is 17.8. The summed E-state index contributed by atoms with van der Waals surface area (Å²) < 4.78 is 5.49. The zero-order chi connectivity index (χ0) is 37.2. The normalized spacial score (nSPS) is 13.9. The van der Waals surface area contributed by atoms with Gasteiger partial charge in [-0.25, -0.2) is 4.98 Å². The number of nitrogens with two attached hydrogens (primary N) is 1. The molecule has 14 heteroatoms. The van der Waals surface area contributed by atoms with Crippen LogP contribution >= 0.6 is 11.3 Å². The third kappa shape index (κ3) is 10.5. The molecule has 2 aliphatic rings. The van der Waals surface area contributed by atoms with Crippen LogP contribution < -0.4 is 31.7 Å². The van der Waals surface area contributed by atoms with Gasteiger partial charge in [-0.1, -0.05) is 25.0 Å². The highest BCUT2D eigenvalue weighted by molar-refractivity contribution is 7.07. The van der Waals surface area contributed by atoms with Crippen molar-refractivity contribution in [1.29, 1.82) is 0 Å². The van der Waals surface area contributed by atoms with Gasteiger partial charge in [0, 0.05) is 59.9 Å². The second-order valence-corrected chi connectivity index (χ2v) is 13.9. The van der Waals surface area contributed by atoms with Crippen molar-refractivity contribution in [2.24, 2.45) is 5.73 Å². The maximum Gasteiger partial charge on any atom is 0.262 e. The minimum atomic E-state index is -0.608. The summed E-state index contributed by atoms with van der Waals surface area (Å²) in [5, 5.41) is 13.3. The highest BCUT2D eigenvalue weighted by Gasteiger charge is 2.33. The molecule has 2 heterocycles. The van der Waals surface area contributed by atoms with Gasteiger partial charge in [0.1, 0.15) is 5.75 Å². The Morgan fingerprint density at radius 1 is 0.887 bits per heavy atom. The third-order valence-electron chi connectivity index (χ3n) is 9.02. The van der Waals surface area contributed by atoms with Crippen molar-refractivity contribution in [3.8, 4) is 5.75 Å². The van der Waals surface area contributed by atoms with Crippen LogP contribution in [-0.2, 0) is 22.6 Å². The second-order valence-electron chi connectivity index (χ2n) is 13.2. The molecular formula is C39H43N7O6S. The zero-order valence-corrected chi connectivity index (χ0v) is 30.1. The minimum absolute atomic E-state index is 0.0837. The van der Waals surface area contributed by atoms with Crippen molar-refractivity contribution in [3.63, 3.8) is 0 Å². The number of nitrogens with zero attached hydrogens (tertiary/aromatic N) is 2. The molecule has 0 bridgehead atoms. The molecule has 5 amide bonds. The molecule has 53 heavy (non-hydrogen) atoms. The van der Waals surface area contributed by atoms with E-state index in [0.717, 1.165) is 49.8 Å². The summed E-state index contributed by atoms with van der Waals surface area (Å²) in [4.78, 5) is 68.8. The molecule has 0 spiro atoms. The van der Waals surface area contributed by atoms with Crippen molar-refractivity contribution in [1.82, 2.24) is 20.5 Å². The Balaban J connectivity index is 0.889. The van der Waals surface area contributed by atoms with Crippen LogP contribution in [0.2, 0.25) is 0 Å². The number of anilines is 2. The molecule has 3 aromatic carbocycles. The first-order chi connectivity index (χ1) is 25.7. The maximum atomic E-state index is 13.5. The average Bonchev–Trinajstić information content (AvgIpc) is 3.89. The van der Waals surface area contributed by atoms with E-state index < -0.39 is 6.04 Å². The average molecular weight is 738 g/mol. The Hall–Kier alpha value is -5.60. The van der Waals surface area contributed by atoms with Gasteiger partial charge in [0.05, 0.1) is 22.9 Å². The van der Waals surface area contributed by atoms with Crippen LogP contribution in [0.25, 0.3) is 0 Å². The van der Waals surface area contributed by atoms with Gasteiger partial charge >= 0.3 is 0 Å². The van der Waals surface area contributed by atoms with Crippen LogP contribution in [0.5, 0.6) is 5.75 Å². The van der Waals surface area contributed by atoms with Crippen molar-refractivity contribution in [2.75, 3.05) is 30.3 Å². The van der Waals surface area contributed by atoms with Crippen LogP contribution in [0.1, 0.15) is 80.9 Å². The maximum absolute atomic E-state index is 13.5. The SMILES string of the molecule is N[C@@H](Cc1cscn1)C(=O)NCCCCCCNC(=O)c1ccc(NC(=O)c2ccc(CN(C(=O)c3ccc4c(c3)OCC(=O)N4)C3CC3)cc2)cc1. The molecule has 1 fully saturated rings. The number of fused-ring (bicyclic) bond motifs is 1. The van der Waals surface area contributed by atoms with Gasteiger partial charge in [-0.15, -0.1) is 11.3 Å². The van der Waals surface area contributed by atoms with Gasteiger partial charge in [-0.05, 0) is 85.8 Å². The van der Waals surface area contributed by atoms with E-state index in [2.05, 4.69) is 26.3 Å². The summed E-state index contributed by atoms with van der Waals surface area (Å²) >= 11 is 1.48. The standard InChI is InChI=1S/C39H43N7O6S/c40-32(20-30-23-53-24-43-30)38(50)42-18-4-2-1-3-17-41-36(48)26-9-12-29(13-10-26)44-37(49)27-7-5-25(6-8-27)21-46(31-14-15-31)39(51)28-11-16-33-34(19-28)52-22-35(47)45-33/h5-13,16,19,23-24,31-32H,1-4,14-15,17-18,20-22,40H2,(H,41,48)(H,42,50)(H,44,49)(H,45,47)/t32-/m0/s1. The summed E-state index contributed by atoms with van der Waals surface area (Å²) in [5.74, 6) is -0.521. The number of unbranched alkanes of at least 4 members (excludes halogenated alkanes) is 3. The molecule has 0 saturated heterocycles. The number of benzene rings is 3. The fourth-order valence-electron chi connectivity index (χ4n) is 5.90. The molecule has 1 aliphatic heterocycles. The lowest BCUT2D eigenvalue weighted by Crippen LogP contribution is -2.42. The van der Waals surface area contributed by atoms with E-state index in [9.17, 15) is 24.0 Å². The van der Waals surface area contributed by atoms with Crippen LogP contribution in [0.15, 0.2) is 77.6 Å². The Morgan fingerprint density at radius 3 is 2.26 bits per heavy atom. The van der Waals surface area contributed by atoms with Crippen molar-refractivity contribution < 1.29 is 28.7 Å². The number of hydrogen-bond donors (Lipinski definition) is 5. The number of amides is 5. The molecule has 1 aliphatic carbocycles. The van der Waals surface area contributed by atoms with E-state index in [-0.39, 0.29) is 42.2 Å². The van der Waals surface area contributed by atoms with E-state index in [1.54, 1.807) is 60.1 Å². The van der Waals surface area contributed by atoms with Gasteiger partial charge in [0.25, 0.3) is 23.6 Å². The molecule has 0 radical (unpaired) electrons. The lowest BCUT2D eigenvalue weighted by molar-refractivity contribution is -0.122. The quantitative estimate of drug-likeness (QED) is 0.0981. The van der Waals surface area contributed by atoms with Gasteiger partial charge in [0.2, 0.25) is 5.91 Å². The summed E-state index contributed by atoms with van der Waals surface area (Å²) in [5.41, 5.74) is 12.0. The minimum Gasteiger partial charge on any atom is -0.482 e. The number of aromatic nitrogens is 1. The highest BCUT2D eigenvalue weighted by Crippen LogP contribution is 2.33. The van der Waals surface area contributed by atoms with Crippen molar-refractivity contribution in [3.05, 3.63) is 106 Å². The first kappa shape index (κ1) is 37.2. The molecule has 1 saturated carbocycles. The van der Waals surface area contributed by atoms with E-state index >= 15 is 0 Å². The molecule has 276 valence electrons. The topological polar surface area (TPSA) is 185 Å². The van der Waals surface area contributed by atoms with Crippen LogP contribution in [0.4, 0.5) is 11.4 Å². The summed E-state index contributed by atoms with van der Waals surface area (Å²) in [6.45, 7) is 1.41. The lowest BCUT2D eigenvalue weighted by atomic mass is 10.1. The fourth-order valence-corrected chi connectivity index (χ4v) is 6.47. The van der Waals surface area contributed by atoms with Crippen LogP contribution in [-0.4, -0.2) is 71.2 Å². The van der Waals surface area contributed by atoms with Gasteiger partial charge in [-0.2, -0.15) is 0 Å². The molecule has 0 unspecified atom stereocenters. The van der Waals surface area contributed by atoms with Crippen LogP contribution in [0.3, 0.4) is 0 Å². The van der Waals surface area contributed by atoms with Crippen molar-refractivity contribution >= 4 is 52.2 Å². The Labute approximate surface area is 311 Å². The van der Waals surface area contributed by atoms with Gasteiger partial charge in [-0.3, -0.25) is 24.0 Å². The van der Waals surface area contributed by atoms with Gasteiger partial charge < -0.3 is 36.6 Å². The number of rotatable bonds is 17. The molecule has 1 atom stereocenters. The Kier molecular flexibility index (Phi) is 12.4. The number of ether oxygens (including phenoxy) is 1.